The molecular weight excluding hydrogens is 430 g/mol. The second-order valence-electron chi connectivity index (χ2n) is 6.79. The van der Waals surface area contributed by atoms with Crippen LogP contribution in [-0.2, 0) is 11.8 Å². The van der Waals surface area contributed by atoms with Crippen molar-refractivity contribution in [1.82, 2.24) is 25.3 Å². The van der Waals surface area contributed by atoms with E-state index in [1.807, 2.05) is 6.92 Å². The fourth-order valence-electron chi connectivity index (χ4n) is 2.39. The van der Waals surface area contributed by atoms with E-state index in [-0.39, 0.29) is 12.0 Å². The molecule has 184 valence electrons. The summed E-state index contributed by atoms with van der Waals surface area (Å²) in [6.07, 6.45) is 13.7. The Balaban J connectivity index is 0.00000101. The van der Waals surface area contributed by atoms with Gasteiger partial charge in [0.05, 0.1) is 32.2 Å². The second-order valence-corrected chi connectivity index (χ2v) is 6.79. The largest absolute Gasteiger partial charge is 0.494 e. The summed E-state index contributed by atoms with van der Waals surface area (Å²) < 4.78 is 11.1. The smallest absolute Gasteiger partial charge is 0.251 e. The number of carbonyl (C=O) groups excluding carboxylic acids is 1. The van der Waals surface area contributed by atoms with Crippen LogP contribution in [0.2, 0.25) is 0 Å². The van der Waals surface area contributed by atoms with Gasteiger partial charge >= 0.3 is 0 Å². The lowest BCUT2D eigenvalue weighted by Crippen LogP contribution is -2.34. The minimum atomic E-state index is -0.309. The average molecular weight is 468 g/mol. The first-order valence-corrected chi connectivity index (χ1v) is 10.8. The summed E-state index contributed by atoms with van der Waals surface area (Å²) in [5.74, 6) is 0.741. The molecule has 0 bridgehead atoms. The molecule has 1 atom stereocenters. The van der Waals surface area contributed by atoms with Gasteiger partial charge in [-0.3, -0.25) is 4.79 Å². The topological polar surface area (TPSA) is 91.2 Å². The van der Waals surface area contributed by atoms with Crippen molar-refractivity contribution in [2.45, 2.75) is 33.3 Å². The molecule has 34 heavy (non-hydrogen) atoms. The van der Waals surface area contributed by atoms with Gasteiger partial charge in [0.25, 0.3) is 5.91 Å². The third-order valence-electron chi connectivity index (χ3n) is 3.89. The number of nitrogens with zero attached hydrogens (tertiary/aromatic N) is 4. The summed E-state index contributed by atoms with van der Waals surface area (Å²) in [6, 6.07) is 0. The number of allylic oxidation sites excluding steroid dienone is 2. The predicted molar refractivity (Wildman–Crippen MR) is 140 cm³/mol. The zero-order valence-electron chi connectivity index (χ0n) is 21.0. The Bertz CT molecular complexity index is 950. The molecular formula is C26H37N5O3. The highest BCUT2D eigenvalue weighted by Crippen LogP contribution is 2.30. The second kappa shape index (κ2) is 17.6. The number of pyridine rings is 1. The molecule has 0 aromatic carbocycles. The van der Waals surface area contributed by atoms with Gasteiger partial charge in [-0.2, -0.15) is 15.0 Å². The first kappa shape index (κ1) is 30.1. The van der Waals surface area contributed by atoms with E-state index in [0.29, 0.717) is 29.3 Å². The summed E-state index contributed by atoms with van der Waals surface area (Å²) in [6.45, 7) is 21.1. The van der Waals surface area contributed by atoms with Gasteiger partial charge in [-0.25, -0.2) is 4.98 Å². The van der Waals surface area contributed by atoms with Crippen LogP contribution in [0.1, 0.15) is 38.3 Å². The van der Waals surface area contributed by atoms with Gasteiger partial charge in [-0.1, -0.05) is 77.0 Å². The highest BCUT2D eigenvalue weighted by Gasteiger charge is 2.15. The lowest BCUT2D eigenvalue weighted by Gasteiger charge is -2.18. The van der Waals surface area contributed by atoms with E-state index in [2.05, 4.69) is 60.7 Å². The molecule has 2 aromatic rings. The number of carbonyl (C=O) groups is 1. The number of hydrogen-bond acceptors (Lipinski definition) is 6. The summed E-state index contributed by atoms with van der Waals surface area (Å²) >= 11 is 0. The van der Waals surface area contributed by atoms with Gasteiger partial charge < -0.3 is 14.8 Å². The van der Waals surface area contributed by atoms with Gasteiger partial charge in [0.1, 0.15) is 11.9 Å². The van der Waals surface area contributed by atoms with E-state index < -0.39 is 0 Å². The third-order valence-corrected chi connectivity index (χ3v) is 3.89. The van der Waals surface area contributed by atoms with Crippen LogP contribution >= 0.6 is 0 Å². The van der Waals surface area contributed by atoms with Crippen molar-refractivity contribution < 1.29 is 14.3 Å². The minimum Gasteiger partial charge on any atom is -0.494 e. The zero-order chi connectivity index (χ0) is 25.9. The predicted octanol–water partition coefficient (Wildman–Crippen LogP) is 4.79. The summed E-state index contributed by atoms with van der Waals surface area (Å²) in [4.78, 5) is 17.8. The Kier molecular flexibility index (Phi) is 15.6. The average Bonchev–Trinajstić information content (AvgIpc) is 3.32. The SMILES string of the molecule is C=C/C=C(\C=C)C(=O)NCC(C)Oc1ncc(OC)c(C=C)c1C=C.CCC.Cn1nccn1. The van der Waals surface area contributed by atoms with E-state index in [0.717, 1.165) is 5.56 Å². The van der Waals surface area contributed by atoms with E-state index in [9.17, 15) is 4.79 Å². The molecule has 0 aliphatic heterocycles. The van der Waals surface area contributed by atoms with Crippen LogP contribution in [0, 0.1) is 0 Å². The lowest BCUT2D eigenvalue weighted by atomic mass is 10.1. The van der Waals surface area contributed by atoms with Gasteiger partial charge in [0, 0.05) is 23.7 Å². The molecule has 0 aliphatic carbocycles. The molecule has 0 radical (unpaired) electrons. The normalized spacial score (nSPS) is 10.8. The van der Waals surface area contributed by atoms with Crippen molar-refractivity contribution in [1.29, 1.82) is 0 Å². The number of hydrogen-bond donors (Lipinski definition) is 1. The molecule has 8 heteroatoms. The molecule has 2 rings (SSSR count). The Labute approximate surface area is 203 Å². The van der Waals surface area contributed by atoms with E-state index in [1.165, 1.54) is 23.4 Å². The summed E-state index contributed by atoms with van der Waals surface area (Å²) in [5.41, 5.74) is 1.87. The van der Waals surface area contributed by atoms with Gasteiger partial charge in [-0.05, 0) is 6.92 Å². The van der Waals surface area contributed by atoms with Gasteiger partial charge in [-0.15, -0.1) is 0 Å². The van der Waals surface area contributed by atoms with Crippen molar-refractivity contribution in [3.8, 4) is 11.6 Å². The molecule has 0 aliphatic rings. The van der Waals surface area contributed by atoms with Crippen LogP contribution in [0.5, 0.6) is 11.6 Å². The highest BCUT2D eigenvalue weighted by atomic mass is 16.5. The van der Waals surface area contributed by atoms with E-state index in [4.69, 9.17) is 9.47 Å². The van der Waals surface area contributed by atoms with Gasteiger partial charge in [0.15, 0.2) is 0 Å². The molecule has 0 saturated carbocycles. The molecule has 0 fully saturated rings. The quantitative estimate of drug-likeness (QED) is 0.399. The highest BCUT2D eigenvalue weighted by molar-refractivity contribution is 5.96. The maximum Gasteiger partial charge on any atom is 0.251 e. The third kappa shape index (κ3) is 10.6. The van der Waals surface area contributed by atoms with Crippen molar-refractivity contribution in [2.24, 2.45) is 7.05 Å². The van der Waals surface area contributed by atoms with Crippen LogP contribution in [-0.4, -0.2) is 45.6 Å². The van der Waals surface area contributed by atoms with E-state index in [1.54, 1.807) is 51.0 Å². The van der Waals surface area contributed by atoms with Crippen molar-refractivity contribution >= 4 is 18.1 Å². The van der Waals surface area contributed by atoms with Crippen LogP contribution in [0.15, 0.2) is 68.7 Å². The van der Waals surface area contributed by atoms with Crippen LogP contribution in [0.4, 0.5) is 0 Å². The number of ether oxygens (including phenoxy) is 2. The lowest BCUT2D eigenvalue weighted by molar-refractivity contribution is -0.117. The van der Waals surface area contributed by atoms with Crippen LogP contribution in [0.25, 0.3) is 12.2 Å². The Morgan fingerprint density at radius 2 is 1.74 bits per heavy atom. The number of rotatable bonds is 10. The van der Waals surface area contributed by atoms with Crippen LogP contribution < -0.4 is 14.8 Å². The number of amides is 1. The fourth-order valence-corrected chi connectivity index (χ4v) is 2.39. The molecule has 1 amide bonds. The maximum absolute atomic E-state index is 12.0. The fraction of sp³-hybridized carbons (Fsp3) is 0.308. The number of aryl methyl sites for hydroxylation is 1. The van der Waals surface area contributed by atoms with Crippen molar-refractivity contribution in [3.63, 3.8) is 0 Å². The van der Waals surface area contributed by atoms with Crippen molar-refractivity contribution in [3.05, 3.63) is 79.8 Å². The molecule has 2 aromatic heterocycles. The summed E-state index contributed by atoms with van der Waals surface area (Å²) in [5, 5.41) is 10.2. The number of aromatic nitrogens is 4. The first-order valence-electron chi connectivity index (χ1n) is 10.8. The molecule has 1 unspecified atom stereocenters. The molecule has 2 heterocycles. The molecule has 8 nitrogen and oxygen atoms in total. The standard InChI is InChI=1S/C20H24N2O3.C3H5N3.C3H8/c1-7-11-15(8-2)19(23)21-12-14(5)25-20-17(10-4)16(9-3)18(24-6)13-22-20;1-6-4-2-3-5-6;1-3-2/h7-11,13-14H,1-4,12H2,5-6H3,(H,21,23);2-3H,1H3;3H2,1-2H3/b15-11+;;. The van der Waals surface area contributed by atoms with Crippen LogP contribution in [0.3, 0.4) is 0 Å². The molecule has 0 spiro atoms. The Hall–Kier alpha value is -3.94. The Morgan fingerprint density at radius 3 is 2.15 bits per heavy atom. The monoisotopic (exact) mass is 467 g/mol. The zero-order valence-corrected chi connectivity index (χ0v) is 21.0. The maximum atomic E-state index is 12.0. The molecule has 0 saturated heterocycles. The number of nitrogens with one attached hydrogen (secondary N) is 1. The minimum absolute atomic E-state index is 0.247. The molecule has 1 N–H and O–H groups in total. The number of methoxy groups -OCH3 is 1. The van der Waals surface area contributed by atoms with E-state index >= 15 is 0 Å². The summed E-state index contributed by atoms with van der Waals surface area (Å²) in [7, 11) is 3.34. The first-order chi connectivity index (χ1) is 16.3. The van der Waals surface area contributed by atoms with Crippen molar-refractivity contribution in [2.75, 3.05) is 13.7 Å². The van der Waals surface area contributed by atoms with Gasteiger partial charge in [0.2, 0.25) is 5.88 Å². The Morgan fingerprint density at radius 1 is 1.15 bits per heavy atom.